The number of nitrogens with two attached hydrogens (primary N) is 1. The molecule has 0 aromatic heterocycles. The van der Waals surface area contributed by atoms with Crippen LogP contribution in [0, 0.1) is 0 Å². The lowest BCUT2D eigenvalue weighted by molar-refractivity contribution is -0.118. The lowest BCUT2D eigenvalue weighted by Crippen LogP contribution is -2.18. The van der Waals surface area contributed by atoms with Crippen molar-refractivity contribution in [3.05, 3.63) is 23.8 Å². The fraction of sp³-hybridized carbons (Fsp3) is 0.500. The van der Waals surface area contributed by atoms with Crippen LogP contribution in [-0.4, -0.2) is 39.9 Å². The summed E-state index contributed by atoms with van der Waals surface area (Å²) in [5, 5.41) is 3.25. The van der Waals surface area contributed by atoms with Gasteiger partial charge in [-0.25, -0.2) is 0 Å². The van der Waals surface area contributed by atoms with Crippen molar-refractivity contribution in [3.63, 3.8) is 0 Å². The third-order valence-electron chi connectivity index (χ3n) is 2.65. The number of benzene rings is 1. The molecule has 0 spiro atoms. The molecule has 112 valence electrons. The van der Waals surface area contributed by atoms with Gasteiger partial charge < -0.3 is 25.3 Å². The van der Waals surface area contributed by atoms with Crippen molar-refractivity contribution < 1.29 is 19.0 Å². The number of hydrogen-bond donors (Lipinski definition) is 2. The van der Waals surface area contributed by atoms with Crippen LogP contribution in [0.1, 0.15) is 12.0 Å². The molecule has 0 atom stereocenters. The largest absolute Gasteiger partial charge is 0.493 e. The molecule has 6 heteroatoms. The summed E-state index contributed by atoms with van der Waals surface area (Å²) in [4.78, 5) is 10.7. The van der Waals surface area contributed by atoms with E-state index in [1.807, 2.05) is 18.2 Å². The van der Waals surface area contributed by atoms with Gasteiger partial charge in [-0.05, 0) is 17.7 Å². The van der Waals surface area contributed by atoms with Crippen LogP contribution >= 0.6 is 0 Å². The number of carbonyl (C=O) groups is 1. The summed E-state index contributed by atoms with van der Waals surface area (Å²) in [7, 11) is 3.24. The monoisotopic (exact) mass is 282 g/mol. The van der Waals surface area contributed by atoms with Crippen LogP contribution in [0.4, 0.5) is 0 Å². The van der Waals surface area contributed by atoms with Crippen LogP contribution in [0.15, 0.2) is 18.2 Å². The van der Waals surface area contributed by atoms with Crippen LogP contribution in [0.5, 0.6) is 11.5 Å². The minimum atomic E-state index is -0.388. The van der Waals surface area contributed by atoms with Gasteiger partial charge in [0.1, 0.15) is 0 Å². The second-order valence-corrected chi connectivity index (χ2v) is 4.22. The third kappa shape index (κ3) is 5.90. The Bertz CT molecular complexity index is 424. The Labute approximate surface area is 119 Å². The van der Waals surface area contributed by atoms with E-state index < -0.39 is 0 Å². The van der Waals surface area contributed by atoms with Crippen molar-refractivity contribution in [1.29, 1.82) is 0 Å². The Balaban J connectivity index is 2.57. The Morgan fingerprint density at radius 2 is 2.05 bits per heavy atom. The van der Waals surface area contributed by atoms with Gasteiger partial charge >= 0.3 is 0 Å². The number of ether oxygens (including phenoxy) is 3. The molecule has 1 rings (SSSR count). The Morgan fingerprint density at radius 3 is 2.70 bits per heavy atom. The molecule has 20 heavy (non-hydrogen) atoms. The van der Waals surface area contributed by atoms with E-state index >= 15 is 0 Å². The quantitative estimate of drug-likeness (QED) is 0.617. The van der Waals surface area contributed by atoms with Gasteiger partial charge in [0.15, 0.2) is 11.5 Å². The lowest BCUT2D eigenvalue weighted by atomic mass is 10.2. The zero-order chi connectivity index (χ0) is 14.8. The van der Waals surface area contributed by atoms with Gasteiger partial charge in [0.2, 0.25) is 5.91 Å². The number of hydrogen-bond acceptors (Lipinski definition) is 5. The number of carbonyl (C=O) groups excluding carboxylic acids is 1. The summed E-state index contributed by atoms with van der Waals surface area (Å²) >= 11 is 0. The minimum Gasteiger partial charge on any atom is -0.493 e. The normalized spacial score (nSPS) is 10.3. The average Bonchev–Trinajstić information content (AvgIpc) is 2.43. The van der Waals surface area contributed by atoms with Gasteiger partial charge in [-0.2, -0.15) is 0 Å². The number of nitrogens with one attached hydrogen (secondary N) is 1. The molecule has 0 aliphatic carbocycles. The van der Waals surface area contributed by atoms with Crippen LogP contribution in [0.3, 0.4) is 0 Å². The number of primary amides is 1. The molecule has 1 amide bonds. The molecule has 0 bridgehead atoms. The fourth-order valence-electron chi connectivity index (χ4n) is 1.61. The van der Waals surface area contributed by atoms with E-state index in [4.69, 9.17) is 19.9 Å². The van der Waals surface area contributed by atoms with Crippen molar-refractivity contribution in [3.8, 4) is 11.5 Å². The summed E-state index contributed by atoms with van der Waals surface area (Å²) in [6.07, 6.45) is 0.180. The summed E-state index contributed by atoms with van der Waals surface area (Å²) in [6, 6.07) is 5.69. The van der Waals surface area contributed by atoms with Crippen molar-refractivity contribution in [2.45, 2.75) is 13.0 Å². The highest BCUT2D eigenvalue weighted by molar-refractivity contribution is 5.73. The number of methoxy groups -OCH3 is 2. The van der Waals surface area contributed by atoms with Crippen molar-refractivity contribution in [2.75, 3.05) is 34.0 Å². The standard InChI is InChI=1S/C14H22N2O4/c1-18-8-6-16-10-11-3-4-12(19-2)13(9-11)20-7-5-14(15)17/h3-4,9,16H,5-8,10H2,1-2H3,(H2,15,17). The maximum absolute atomic E-state index is 10.7. The summed E-state index contributed by atoms with van der Waals surface area (Å²) in [5.41, 5.74) is 6.14. The first-order valence-electron chi connectivity index (χ1n) is 6.45. The highest BCUT2D eigenvalue weighted by Crippen LogP contribution is 2.28. The molecule has 0 heterocycles. The van der Waals surface area contributed by atoms with Crippen molar-refractivity contribution >= 4 is 5.91 Å². The van der Waals surface area contributed by atoms with E-state index in [1.165, 1.54) is 0 Å². The van der Waals surface area contributed by atoms with E-state index in [9.17, 15) is 4.79 Å². The molecule has 6 nitrogen and oxygen atoms in total. The topological polar surface area (TPSA) is 82.8 Å². The van der Waals surface area contributed by atoms with Crippen molar-refractivity contribution in [1.82, 2.24) is 5.32 Å². The van der Waals surface area contributed by atoms with Gasteiger partial charge in [0.05, 0.1) is 26.7 Å². The number of rotatable bonds is 10. The molecule has 0 fully saturated rings. The SMILES string of the molecule is COCCNCc1ccc(OC)c(OCCC(N)=O)c1. The second-order valence-electron chi connectivity index (χ2n) is 4.22. The van der Waals surface area contributed by atoms with Crippen LogP contribution in [-0.2, 0) is 16.1 Å². The van der Waals surface area contributed by atoms with E-state index in [0.29, 0.717) is 24.7 Å². The molecule has 3 N–H and O–H groups in total. The predicted octanol–water partition coefficient (Wildman–Crippen LogP) is 0.685. The van der Waals surface area contributed by atoms with Gasteiger partial charge in [0, 0.05) is 20.2 Å². The van der Waals surface area contributed by atoms with Crippen LogP contribution in [0.2, 0.25) is 0 Å². The van der Waals surface area contributed by atoms with Crippen LogP contribution in [0.25, 0.3) is 0 Å². The summed E-state index contributed by atoms with van der Waals surface area (Å²) < 4.78 is 15.7. The number of amides is 1. The Kier molecular flexibility index (Phi) is 7.46. The maximum atomic E-state index is 10.7. The van der Waals surface area contributed by atoms with Gasteiger partial charge in [0.25, 0.3) is 0 Å². The lowest BCUT2D eigenvalue weighted by Gasteiger charge is -2.12. The second kappa shape index (κ2) is 9.17. The molecule has 0 aliphatic heterocycles. The summed E-state index contributed by atoms with van der Waals surface area (Å²) in [6.45, 7) is 2.39. The molecular weight excluding hydrogens is 260 g/mol. The molecule has 0 radical (unpaired) electrons. The molecule has 0 saturated heterocycles. The first kappa shape index (κ1) is 16.3. The molecule has 1 aromatic rings. The minimum absolute atomic E-state index is 0.180. The van der Waals surface area contributed by atoms with Gasteiger partial charge in [-0.15, -0.1) is 0 Å². The van der Waals surface area contributed by atoms with Crippen molar-refractivity contribution in [2.24, 2.45) is 5.73 Å². The smallest absolute Gasteiger partial charge is 0.220 e. The Hall–Kier alpha value is -1.79. The zero-order valence-electron chi connectivity index (χ0n) is 12.0. The van der Waals surface area contributed by atoms with E-state index in [-0.39, 0.29) is 18.9 Å². The summed E-state index contributed by atoms with van der Waals surface area (Å²) in [5.74, 6) is 0.858. The van der Waals surface area contributed by atoms with Gasteiger partial charge in [-0.1, -0.05) is 6.07 Å². The van der Waals surface area contributed by atoms with E-state index in [1.54, 1.807) is 14.2 Å². The van der Waals surface area contributed by atoms with E-state index in [2.05, 4.69) is 5.32 Å². The Morgan fingerprint density at radius 1 is 1.25 bits per heavy atom. The first-order chi connectivity index (χ1) is 9.67. The fourth-order valence-corrected chi connectivity index (χ4v) is 1.61. The zero-order valence-corrected chi connectivity index (χ0v) is 12.0. The molecule has 0 saturated carbocycles. The molecule has 1 aromatic carbocycles. The molecule has 0 unspecified atom stereocenters. The third-order valence-corrected chi connectivity index (χ3v) is 2.65. The first-order valence-corrected chi connectivity index (χ1v) is 6.45. The predicted molar refractivity (Wildman–Crippen MR) is 75.9 cm³/mol. The molecule has 0 aliphatic rings. The highest BCUT2D eigenvalue weighted by Gasteiger charge is 2.06. The molecular formula is C14H22N2O4. The van der Waals surface area contributed by atoms with Gasteiger partial charge in [-0.3, -0.25) is 4.79 Å². The average molecular weight is 282 g/mol. The highest BCUT2D eigenvalue weighted by atomic mass is 16.5. The van der Waals surface area contributed by atoms with E-state index in [0.717, 1.165) is 12.1 Å². The van der Waals surface area contributed by atoms with Crippen LogP contribution < -0.4 is 20.5 Å². The maximum Gasteiger partial charge on any atom is 0.220 e.